The van der Waals surface area contributed by atoms with Gasteiger partial charge < -0.3 is 66.0 Å². The van der Waals surface area contributed by atoms with Crippen molar-refractivity contribution >= 4 is 29.4 Å². The van der Waals surface area contributed by atoms with Crippen LogP contribution in [0.3, 0.4) is 0 Å². The van der Waals surface area contributed by atoms with E-state index in [1.165, 1.54) is 71.3 Å². The summed E-state index contributed by atoms with van der Waals surface area (Å²) >= 11 is 0. The Bertz CT molecular complexity index is 3260. The molecule has 0 bridgehead atoms. The number of aryl methyl sites for hydroxylation is 2. The highest BCUT2D eigenvalue weighted by Gasteiger charge is 2.44. The van der Waals surface area contributed by atoms with Crippen LogP contribution in [0.25, 0.3) is 22.5 Å². The number of aliphatic imine (C=N–C) groups is 2. The van der Waals surface area contributed by atoms with Crippen molar-refractivity contribution in [1.29, 1.82) is 0 Å². The normalized spacial score (nSPS) is 24.1. The highest BCUT2D eigenvalue weighted by Crippen LogP contribution is 2.38. The lowest BCUT2D eigenvalue weighted by Crippen LogP contribution is -2.38. The summed E-state index contributed by atoms with van der Waals surface area (Å²) < 4.78 is 60.2. The first-order chi connectivity index (χ1) is 38.0. The zero-order valence-corrected chi connectivity index (χ0v) is 43.3. The molecule has 0 spiro atoms. The molecule has 2 aromatic carbocycles. The number of benzene rings is 2. The molecule has 27 nitrogen and oxygen atoms in total. The molecule has 2 fully saturated rings. The zero-order valence-electron chi connectivity index (χ0n) is 43.3. The maximum Gasteiger partial charge on any atom is 0.257 e. The van der Waals surface area contributed by atoms with Gasteiger partial charge in [0.05, 0.1) is 90.2 Å². The number of ether oxygens (including phenoxy) is 6. The number of aliphatic hydroxyl groups is 4. The number of methoxy groups -OCH3 is 4. The van der Waals surface area contributed by atoms with Crippen molar-refractivity contribution in [3.05, 3.63) is 112 Å². The Labute approximate surface area is 449 Å². The van der Waals surface area contributed by atoms with E-state index in [1.807, 2.05) is 0 Å². The number of halogens is 2. The van der Waals surface area contributed by atoms with E-state index in [-0.39, 0.29) is 48.5 Å². The van der Waals surface area contributed by atoms with Gasteiger partial charge >= 0.3 is 0 Å². The smallest absolute Gasteiger partial charge is 0.257 e. The van der Waals surface area contributed by atoms with Gasteiger partial charge in [0.15, 0.2) is 30.1 Å². The third-order valence-corrected chi connectivity index (χ3v) is 13.2. The van der Waals surface area contributed by atoms with Crippen molar-refractivity contribution < 1.29 is 67.3 Å². The number of anilines is 3. The van der Waals surface area contributed by atoms with Crippen molar-refractivity contribution in [2.24, 2.45) is 9.98 Å². The molecule has 0 saturated carbocycles. The zero-order chi connectivity index (χ0) is 56.2. The molecule has 10 rings (SSSR count). The number of amidine groups is 2. The number of aromatic nitrogens is 8. The van der Waals surface area contributed by atoms with E-state index in [4.69, 9.17) is 65.3 Å². The first-order valence-corrected chi connectivity index (χ1v) is 24.4. The van der Waals surface area contributed by atoms with Gasteiger partial charge in [0.1, 0.15) is 61.5 Å². The summed E-state index contributed by atoms with van der Waals surface area (Å²) in [4.78, 5) is 55.4. The minimum Gasteiger partial charge on any atom is -0.480 e. The summed E-state index contributed by atoms with van der Waals surface area (Å²) in [7, 11) is 5.61. The first-order valence-electron chi connectivity index (χ1n) is 24.4. The van der Waals surface area contributed by atoms with Crippen LogP contribution in [0.4, 0.5) is 26.5 Å². The molecule has 4 aliphatic rings. The van der Waals surface area contributed by atoms with Gasteiger partial charge in [0.2, 0.25) is 17.8 Å². The Morgan fingerprint density at radius 2 is 1.09 bits per heavy atom. The molecular formula is C50H57F2N15O12. The molecule has 8 unspecified atom stereocenters. The largest absolute Gasteiger partial charge is 0.480 e. The van der Waals surface area contributed by atoms with Gasteiger partial charge in [0, 0.05) is 38.2 Å². The van der Waals surface area contributed by atoms with E-state index in [9.17, 15) is 29.2 Å². The highest BCUT2D eigenvalue weighted by atomic mass is 19.1. The molecule has 10 atom stereocenters. The van der Waals surface area contributed by atoms with Crippen LogP contribution in [-0.4, -0.2) is 163 Å². The van der Waals surface area contributed by atoms with E-state index >= 15 is 0 Å². The summed E-state index contributed by atoms with van der Waals surface area (Å²) in [6.45, 7) is 3.26. The van der Waals surface area contributed by atoms with E-state index < -0.39 is 72.9 Å². The SMILES string of the molecule is COc1cncc(-c2cc(F)ccc2[C@H]2Cc3nc(N)nc(C)c3C(NOCC3OC(OC)C(O)C3O)=N2)n1.COc1nc(-c2cc(F)ccc2[C@H]2Cc3nc(N)nc(C)c3C(NOCC3OC(OC)C(O)C3O)=N2)cnc1N. The molecule has 4 aliphatic heterocycles. The molecule has 12 N–H and O–H groups in total. The first kappa shape index (κ1) is 55.9. The van der Waals surface area contributed by atoms with Crippen LogP contribution >= 0.6 is 0 Å². The van der Waals surface area contributed by atoms with Crippen molar-refractivity contribution in [3.63, 3.8) is 0 Å². The minimum absolute atomic E-state index is 0.0905. The third kappa shape index (κ3) is 11.9. The summed E-state index contributed by atoms with van der Waals surface area (Å²) in [5, 5.41) is 40.6. The molecule has 4 aromatic heterocycles. The van der Waals surface area contributed by atoms with Crippen LogP contribution in [0.5, 0.6) is 11.8 Å². The van der Waals surface area contributed by atoms with E-state index in [0.717, 1.165) is 0 Å². The number of nitrogens with one attached hydrogen (secondary N) is 2. The highest BCUT2D eigenvalue weighted by molar-refractivity contribution is 6.02. The number of nitrogens with zero attached hydrogens (tertiary/aromatic N) is 10. The van der Waals surface area contributed by atoms with E-state index in [2.05, 4.69) is 50.8 Å². The number of aliphatic hydroxyl groups excluding tert-OH is 4. The number of rotatable bonds is 14. The lowest BCUT2D eigenvalue weighted by atomic mass is 9.91. The molecule has 0 radical (unpaired) electrons. The summed E-state index contributed by atoms with van der Waals surface area (Å²) in [6.07, 6.45) is -3.46. The van der Waals surface area contributed by atoms with E-state index in [0.29, 0.717) is 86.2 Å². The van der Waals surface area contributed by atoms with Crippen LogP contribution in [0, 0.1) is 25.5 Å². The number of hydrogen-bond acceptors (Lipinski definition) is 27. The second-order valence-electron chi connectivity index (χ2n) is 18.3. The number of hydroxylamine groups is 2. The second-order valence-corrected chi connectivity index (χ2v) is 18.3. The van der Waals surface area contributed by atoms with Gasteiger partial charge in [0.25, 0.3) is 5.88 Å². The van der Waals surface area contributed by atoms with Crippen LogP contribution in [0.2, 0.25) is 0 Å². The van der Waals surface area contributed by atoms with Gasteiger partial charge in [-0.15, -0.1) is 0 Å². The van der Waals surface area contributed by atoms with Gasteiger partial charge in [-0.1, -0.05) is 12.1 Å². The fourth-order valence-electron chi connectivity index (χ4n) is 9.43. The molecule has 6 aromatic rings. The Kier molecular flexibility index (Phi) is 17.0. The van der Waals surface area contributed by atoms with Gasteiger partial charge in [-0.05, 0) is 49.2 Å². The molecule has 79 heavy (non-hydrogen) atoms. The summed E-state index contributed by atoms with van der Waals surface area (Å²) in [5.74, 6) is 0.347. The average molecular weight is 1100 g/mol. The number of hydrogen-bond donors (Lipinski definition) is 9. The molecule has 2 saturated heterocycles. The fraction of sp³-hybridized carbons (Fsp3) is 0.400. The maximum absolute atomic E-state index is 14.4. The Hall–Kier alpha value is -7.84. The monoisotopic (exact) mass is 1100 g/mol. The Morgan fingerprint density at radius 1 is 0.608 bits per heavy atom. The van der Waals surface area contributed by atoms with Crippen LogP contribution in [0.1, 0.15) is 57.1 Å². The van der Waals surface area contributed by atoms with E-state index in [1.54, 1.807) is 26.0 Å². The van der Waals surface area contributed by atoms with Crippen molar-refractivity contribution in [2.75, 3.05) is 58.9 Å². The molecule has 8 heterocycles. The van der Waals surface area contributed by atoms with Crippen LogP contribution in [-0.2, 0) is 41.5 Å². The number of nitrogens with two attached hydrogens (primary N) is 3. The Balaban J connectivity index is 0.000000192. The molecule has 0 amide bonds. The third-order valence-electron chi connectivity index (χ3n) is 13.2. The van der Waals surface area contributed by atoms with Crippen molar-refractivity contribution in [3.8, 4) is 34.3 Å². The van der Waals surface area contributed by atoms with Gasteiger partial charge in [-0.2, -0.15) is 0 Å². The quantitative estimate of drug-likeness (QED) is 0.0682. The standard InChI is InChI=1S/C25H29FN8O6.C25H28FN7O6/c1-10-18-15(33-25(28)30-10)7-14(31-22(18)34-39-9-17-19(35)20(36)24(38-3)40-17)12-5-4-11(26)6-13(12)16-8-29-21(27)23(32-16)37-2;1-11-20-16(32-25(27)29-11)7-15(31-23(20)33-38-10-18-21(34)22(35)24(37-3)39-18)13-5-4-12(26)6-14(13)17-8-28-9-19(30-17)36-2/h4-6,8,14,17,19-20,24,35-36H,7,9H2,1-3H3,(H2,27,29)(H,31,34)(H2,28,30,33);4-6,8-9,15,18,21-22,24,34-35H,7,10H2,1-3H3,(H,31,33)(H2,27,29,32)/t14-,17?,19?,20?,24?;15-,18?,21?,22?,24?/m11/s1. The van der Waals surface area contributed by atoms with Crippen molar-refractivity contribution in [2.45, 2.75) is 88.0 Å². The van der Waals surface area contributed by atoms with Gasteiger partial charge in [-0.25, -0.2) is 54.6 Å². The number of fused-ring (bicyclic) bond motifs is 2. The lowest BCUT2D eigenvalue weighted by Gasteiger charge is -2.26. The fourth-order valence-corrected chi connectivity index (χ4v) is 9.43. The predicted molar refractivity (Wildman–Crippen MR) is 274 cm³/mol. The topological polar surface area (TPSA) is 385 Å². The van der Waals surface area contributed by atoms with Crippen LogP contribution < -0.4 is 37.6 Å². The van der Waals surface area contributed by atoms with Gasteiger partial charge in [-0.3, -0.25) is 24.6 Å². The molecular weight excluding hydrogens is 1040 g/mol. The predicted octanol–water partition coefficient (Wildman–Crippen LogP) is 0.843. The summed E-state index contributed by atoms with van der Waals surface area (Å²) in [5.41, 5.74) is 29.9. The molecule has 0 aliphatic carbocycles. The van der Waals surface area contributed by atoms with Crippen molar-refractivity contribution in [1.82, 2.24) is 50.8 Å². The minimum atomic E-state index is -1.22. The second kappa shape index (κ2) is 24.0. The van der Waals surface area contributed by atoms with Crippen LogP contribution in [0.15, 0.2) is 65.0 Å². The Morgan fingerprint density at radius 3 is 1.53 bits per heavy atom. The number of nitrogen functional groups attached to an aromatic ring is 3. The maximum atomic E-state index is 14.4. The summed E-state index contributed by atoms with van der Waals surface area (Å²) in [6, 6.07) is 7.51. The lowest BCUT2D eigenvalue weighted by molar-refractivity contribution is -0.158. The molecule has 418 valence electrons. The molecule has 29 heteroatoms. The average Bonchev–Trinajstić information content (AvgIpc) is 3.97.